The number of amides is 1. The summed E-state index contributed by atoms with van der Waals surface area (Å²) in [6, 6.07) is 8.74. The average molecular weight is 294 g/mol. The van der Waals surface area contributed by atoms with Crippen molar-refractivity contribution in [3.63, 3.8) is 0 Å². The third-order valence-corrected chi connectivity index (χ3v) is 3.04. The van der Waals surface area contributed by atoms with Gasteiger partial charge in [0.1, 0.15) is 5.82 Å². The summed E-state index contributed by atoms with van der Waals surface area (Å²) in [5, 5.41) is 14.3. The van der Waals surface area contributed by atoms with Gasteiger partial charge >= 0.3 is 6.09 Å². The largest absolute Gasteiger partial charge is 0.465 e. The second kappa shape index (κ2) is 5.17. The summed E-state index contributed by atoms with van der Waals surface area (Å²) in [6.07, 6.45) is 0.555. The van der Waals surface area contributed by atoms with E-state index in [1.807, 2.05) is 20.8 Å². The maximum atomic E-state index is 11.5. The van der Waals surface area contributed by atoms with E-state index in [9.17, 15) is 9.90 Å². The highest BCUT2D eigenvalue weighted by Gasteiger charge is 2.30. The minimum absolute atomic E-state index is 0.493. The number of carboxylic acid groups (broad SMARTS) is 1. The van der Waals surface area contributed by atoms with Crippen molar-refractivity contribution in [3.05, 3.63) is 41.6 Å². The average Bonchev–Trinajstić information content (AvgIpc) is 2.76. The lowest BCUT2D eigenvalue weighted by atomic mass is 10.1. The van der Waals surface area contributed by atoms with Gasteiger partial charge in [-0.3, -0.25) is 4.90 Å². The smallest absolute Gasteiger partial charge is 0.413 e. The first kappa shape index (κ1) is 14.4. The van der Waals surface area contributed by atoms with E-state index in [0.29, 0.717) is 10.8 Å². The number of hydrogen-bond acceptors (Lipinski definition) is 2. The number of hydrogen-bond donors (Lipinski definition) is 1. The molecule has 0 spiro atoms. The highest BCUT2D eigenvalue weighted by Crippen LogP contribution is 2.26. The van der Waals surface area contributed by atoms with Crippen LogP contribution in [0, 0.1) is 0 Å². The van der Waals surface area contributed by atoms with E-state index >= 15 is 0 Å². The summed E-state index contributed by atoms with van der Waals surface area (Å²) < 4.78 is 1.58. The van der Waals surface area contributed by atoms with Crippen LogP contribution in [0.4, 0.5) is 10.6 Å². The Morgan fingerprint density at radius 2 is 1.85 bits per heavy atom. The number of aromatic nitrogens is 2. The molecular weight excluding hydrogens is 278 g/mol. The SMILES string of the molecule is CC(C)(C)N(C(=O)O)c1ccnn1-c1ccc(Cl)cc1. The van der Waals surface area contributed by atoms with Gasteiger partial charge in [0.25, 0.3) is 0 Å². The molecule has 1 aromatic carbocycles. The molecule has 20 heavy (non-hydrogen) atoms. The molecule has 2 aromatic rings. The van der Waals surface area contributed by atoms with Crippen molar-refractivity contribution in [1.82, 2.24) is 9.78 Å². The Labute approximate surface area is 122 Å². The maximum Gasteiger partial charge on any atom is 0.413 e. The minimum Gasteiger partial charge on any atom is -0.465 e. The van der Waals surface area contributed by atoms with Crippen molar-refractivity contribution in [1.29, 1.82) is 0 Å². The molecule has 0 bridgehead atoms. The van der Waals surface area contributed by atoms with E-state index in [0.717, 1.165) is 5.69 Å². The number of benzene rings is 1. The topological polar surface area (TPSA) is 58.4 Å². The van der Waals surface area contributed by atoms with E-state index in [1.165, 1.54) is 4.90 Å². The molecule has 0 atom stereocenters. The molecule has 0 unspecified atom stereocenters. The fourth-order valence-corrected chi connectivity index (χ4v) is 2.10. The lowest BCUT2D eigenvalue weighted by Crippen LogP contribution is -2.46. The van der Waals surface area contributed by atoms with Crippen LogP contribution in [0.15, 0.2) is 36.5 Å². The van der Waals surface area contributed by atoms with Gasteiger partial charge in [-0.15, -0.1) is 0 Å². The molecule has 0 aliphatic rings. The maximum absolute atomic E-state index is 11.5. The van der Waals surface area contributed by atoms with E-state index < -0.39 is 11.6 Å². The first-order valence-electron chi connectivity index (χ1n) is 6.14. The molecule has 0 saturated carbocycles. The molecule has 5 nitrogen and oxygen atoms in total. The standard InChI is InChI=1S/C14H16ClN3O2/c1-14(2,3)17(13(19)20)12-8-9-16-18(12)11-6-4-10(15)5-7-11/h4-9H,1-3H3,(H,19,20). The van der Waals surface area contributed by atoms with Gasteiger partial charge in [-0.05, 0) is 45.0 Å². The molecule has 0 aliphatic heterocycles. The molecule has 1 N–H and O–H groups in total. The predicted octanol–water partition coefficient (Wildman–Crippen LogP) is 3.81. The lowest BCUT2D eigenvalue weighted by molar-refractivity contribution is 0.195. The Morgan fingerprint density at radius 1 is 1.25 bits per heavy atom. The van der Waals surface area contributed by atoms with Crippen LogP contribution in [-0.4, -0.2) is 26.5 Å². The van der Waals surface area contributed by atoms with Gasteiger partial charge in [0, 0.05) is 16.6 Å². The minimum atomic E-state index is -1.02. The monoisotopic (exact) mass is 293 g/mol. The van der Waals surface area contributed by atoms with Gasteiger partial charge in [0.05, 0.1) is 11.9 Å². The zero-order valence-electron chi connectivity index (χ0n) is 11.5. The van der Waals surface area contributed by atoms with Crippen molar-refractivity contribution in [2.45, 2.75) is 26.3 Å². The molecule has 0 aliphatic carbocycles. The molecule has 1 heterocycles. The molecule has 6 heteroatoms. The Hall–Kier alpha value is -2.01. The Kier molecular flexibility index (Phi) is 3.72. The predicted molar refractivity (Wildman–Crippen MR) is 78.8 cm³/mol. The molecule has 0 radical (unpaired) electrons. The van der Waals surface area contributed by atoms with E-state index in [1.54, 1.807) is 41.2 Å². The van der Waals surface area contributed by atoms with Gasteiger partial charge in [0.15, 0.2) is 0 Å². The summed E-state index contributed by atoms with van der Waals surface area (Å²) >= 11 is 5.86. The van der Waals surface area contributed by atoms with Gasteiger partial charge in [0.2, 0.25) is 0 Å². The van der Waals surface area contributed by atoms with Gasteiger partial charge in [-0.25, -0.2) is 9.48 Å². The molecule has 106 valence electrons. The van der Waals surface area contributed by atoms with Gasteiger partial charge in [-0.2, -0.15) is 5.10 Å². The molecule has 0 saturated heterocycles. The van der Waals surface area contributed by atoms with Crippen LogP contribution in [0.5, 0.6) is 0 Å². The van der Waals surface area contributed by atoms with Crippen LogP contribution in [0.3, 0.4) is 0 Å². The van der Waals surface area contributed by atoms with Crippen molar-refractivity contribution in [2.75, 3.05) is 4.90 Å². The molecule has 2 rings (SSSR count). The summed E-state index contributed by atoms with van der Waals surface area (Å²) in [5.41, 5.74) is 0.181. The first-order chi connectivity index (χ1) is 9.30. The van der Waals surface area contributed by atoms with Crippen molar-refractivity contribution in [2.24, 2.45) is 0 Å². The van der Waals surface area contributed by atoms with E-state index in [-0.39, 0.29) is 0 Å². The Balaban J connectivity index is 2.52. The van der Waals surface area contributed by atoms with Crippen LogP contribution in [0.25, 0.3) is 5.69 Å². The fraction of sp³-hybridized carbons (Fsp3) is 0.286. The fourth-order valence-electron chi connectivity index (χ4n) is 1.98. The lowest BCUT2D eigenvalue weighted by Gasteiger charge is -2.32. The van der Waals surface area contributed by atoms with Crippen molar-refractivity contribution >= 4 is 23.5 Å². The van der Waals surface area contributed by atoms with Crippen LogP contribution in [0.1, 0.15) is 20.8 Å². The molecule has 0 fully saturated rings. The van der Waals surface area contributed by atoms with Gasteiger partial charge in [-0.1, -0.05) is 11.6 Å². The van der Waals surface area contributed by atoms with Crippen LogP contribution in [-0.2, 0) is 0 Å². The molecular formula is C14H16ClN3O2. The quantitative estimate of drug-likeness (QED) is 0.916. The molecule has 1 aromatic heterocycles. The number of anilines is 1. The highest BCUT2D eigenvalue weighted by atomic mass is 35.5. The third-order valence-electron chi connectivity index (χ3n) is 2.79. The Morgan fingerprint density at radius 3 is 2.35 bits per heavy atom. The number of nitrogens with zero attached hydrogens (tertiary/aromatic N) is 3. The first-order valence-corrected chi connectivity index (χ1v) is 6.51. The number of halogens is 1. The second-order valence-corrected chi connectivity index (χ2v) is 5.80. The summed E-state index contributed by atoms with van der Waals surface area (Å²) in [5.74, 6) is 0.493. The number of rotatable bonds is 2. The van der Waals surface area contributed by atoms with Gasteiger partial charge < -0.3 is 5.11 Å². The summed E-state index contributed by atoms with van der Waals surface area (Å²) in [4.78, 5) is 12.8. The zero-order chi connectivity index (χ0) is 14.9. The summed E-state index contributed by atoms with van der Waals surface area (Å²) in [6.45, 7) is 5.50. The number of carbonyl (C=O) groups is 1. The van der Waals surface area contributed by atoms with Crippen molar-refractivity contribution < 1.29 is 9.90 Å². The molecule has 1 amide bonds. The summed E-state index contributed by atoms with van der Waals surface area (Å²) in [7, 11) is 0. The van der Waals surface area contributed by atoms with E-state index in [2.05, 4.69) is 5.10 Å². The van der Waals surface area contributed by atoms with Crippen LogP contribution < -0.4 is 4.90 Å². The zero-order valence-corrected chi connectivity index (χ0v) is 12.3. The normalized spacial score (nSPS) is 11.4. The highest BCUT2D eigenvalue weighted by molar-refractivity contribution is 6.30. The Bertz CT molecular complexity index is 614. The second-order valence-electron chi connectivity index (χ2n) is 5.37. The van der Waals surface area contributed by atoms with Crippen molar-refractivity contribution in [3.8, 4) is 5.69 Å². The third kappa shape index (κ3) is 2.77. The van der Waals surface area contributed by atoms with Crippen LogP contribution in [0.2, 0.25) is 5.02 Å². The van der Waals surface area contributed by atoms with E-state index in [4.69, 9.17) is 11.6 Å². The van der Waals surface area contributed by atoms with Crippen LogP contribution >= 0.6 is 11.6 Å².